The molecule has 4 nitrogen and oxygen atoms in total. The smallest absolute Gasteiger partial charge is 0.315 e. The molecule has 1 aliphatic carbocycles. The highest BCUT2D eigenvalue weighted by Gasteiger charge is 2.11. The Balaban J connectivity index is 1.64. The fourth-order valence-electron chi connectivity index (χ4n) is 2.59. The lowest BCUT2D eigenvalue weighted by Crippen LogP contribution is -2.43. The molecule has 1 aromatic rings. The van der Waals surface area contributed by atoms with Crippen molar-refractivity contribution in [2.75, 3.05) is 13.2 Å². The molecule has 2 rings (SSSR count). The number of benzene rings is 1. The first-order chi connectivity index (χ1) is 11.5. The second-order valence-electron chi connectivity index (χ2n) is 6.05. The van der Waals surface area contributed by atoms with E-state index in [-0.39, 0.29) is 24.4 Å². The predicted molar refractivity (Wildman–Crippen MR) is 89.0 cm³/mol. The summed E-state index contributed by atoms with van der Waals surface area (Å²) in [5.74, 6) is -1.44. The zero-order valence-electron chi connectivity index (χ0n) is 13.9. The van der Waals surface area contributed by atoms with Crippen LogP contribution in [0.25, 0.3) is 0 Å². The molecule has 0 spiro atoms. The third-order valence-corrected chi connectivity index (χ3v) is 3.88. The minimum absolute atomic E-state index is 0.0327. The van der Waals surface area contributed by atoms with Crippen LogP contribution in [0.4, 0.5) is 13.6 Å². The molecule has 24 heavy (non-hydrogen) atoms. The molecule has 0 fully saturated rings. The summed E-state index contributed by atoms with van der Waals surface area (Å²) in [6.45, 7) is 2.45. The van der Waals surface area contributed by atoms with Crippen LogP contribution < -0.4 is 15.4 Å². The van der Waals surface area contributed by atoms with Gasteiger partial charge in [0.15, 0.2) is 11.6 Å². The van der Waals surface area contributed by atoms with E-state index in [0.717, 1.165) is 31.4 Å². The summed E-state index contributed by atoms with van der Waals surface area (Å²) < 4.78 is 31.5. The number of carbonyl (C=O) groups excluding carboxylic acids is 1. The van der Waals surface area contributed by atoms with Crippen LogP contribution in [0.15, 0.2) is 29.8 Å². The first kappa shape index (κ1) is 18.2. The van der Waals surface area contributed by atoms with E-state index in [1.54, 1.807) is 6.92 Å². The van der Waals surface area contributed by atoms with E-state index in [1.165, 1.54) is 24.5 Å². The second kappa shape index (κ2) is 9.25. The molecule has 0 aromatic heterocycles. The molecule has 0 heterocycles. The van der Waals surface area contributed by atoms with Crippen LogP contribution in [0, 0.1) is 11.6 Å². The van der Waals surface area contributed by atoms with Crippen LogP contribution in [0.1, 0.15) is 39.0 Å². The number of hydrogen-bond acceptors (Lipinski definition) is 2. The molecule has 0 bridgehead atoms. The Hall–Kier alpha value is -2.11. The number of allylic oxidation sites excluding steroid dienone is 1. The summed E-state index contributed by atoms with van der Waals surface area (Å²) in [4.78, 5) is 11.8. The van der Waals surface area contributed by atoms with Gasteiger partial charge in [0.05, 0.1) is 6.04 Å². The maximum atomic E-state index is 13.4. The van der Waals surface area contributed by atoms with Crippen LogP contribution in [0.5, 0.6) is 5.75 Å². The van der Waals surface area contributed by atoms with Crippen LogP contribution in [-0.4, -0.2) is 25.2 Å². The van der Waals surface area contributed by atoms with Gasteiger partial charge >= 0.3 is 6.03 Å². The number of rotatable bonds is 7. The molecule has 0 saturated heterocycles. The van der Waals surface area contributed by atoms with E-state index in [1.807, 2.05) is 0 Å². The largest absolute Gasteiger partial charge is 0.488 e. The fourth-order valence-corrected chi connectivity index (χ4v) is 2.59. The quantitative estimate of drug-likeness (QED) is 0.740. The maximum absolute atomic E-state index is 13.4. The average Bonchev–Trinajstić information content (AvgIpc) is 2.55. The SMILES string of the molecule is C[C@@H](COc1ccc(F)cc1F)NC(=O)NCCC1=CCCCC1. The molecule has 2 amide bonds. The normalized spacial score (nSPS) is 15.4. The van der Waals surface area contributed by atoms with Gasteiger partial charge in [-0.05, 0) is 51.2 Å². The second-order valence-corrected chi connectivity index (χ2v) is 6.05. The average molecular weight is 338 g/mol. The summed E-state index contributed by atoms with van der Waals surface area (Å²) >= 11 is 0. The zero-order valence-corrected chi connectivity index (χ0v) is 13.9. The Kier molecular flexibility index (Phi) is 7.03. The van der Waals surface area contributed by atoms with Gasteiger partial charge in [0, 0.05) is 12.6 Å². The number of amides is 2. The highest BCUT2D eigenvalue weighted by molar-refractivity contribution is 5.74. The molecule has 0 saturated carbocycles. The summed E-state index contributed by atoms with van der Waals surface area (Å²) in [6.07, 6.45) is 7.87. The van der Waals surface area contributed by atoms with E-state index in [0.29, 0.717) is 6.54 Å². The molecule has 0 aliphatic heterocycles. The fraction of sp³-hybridized carbons (Fsp3) is 0.500. The molecule has 0 unspecified atom stereocenters. The molecule has 2 N–H and O–H groups in total. The zero-order chi connectivity index (χ0) is 17.4. The Morgan fingerprint density at radius 1 is 1.33 bits per heavy atom. The van der Waals surface area contributed by atoms with Gasteiger partial charge in [-0.3, -0.25) is 0 Å². The van der Waals surface area contributed by atoms with Gasteiger partial charge in [0.25, 0.3) is 0 Å². The number of urea groups is 1. The molecule has 0 radical (unpaired) electrons. The minimum Gasteiger partial charge on any atom is -0.488 e. The summed E-state index contributed by atoms with van der Waals surface area (Å²) in [7, 11) is 0. The van der Waals surface area contributed by atoms with Gasteiger partial charge in [-0.25, -0.2) is 13.6 Å². The van der Waals surface area contributed by atoms with Gasteiger partial charge < -0.3 is 15.4 Å². The third-order valence-electron chi connectivity index (χ3n) is 3.88. The Labute approximate surface area is 141 Å². The first-order valence-corrected chi connectivity index (χ1v) is 8.34. The van der Waals surface area contributed by atoms with Crippen molar-refractivity contribution < 1.29 is 18.3 Å². The molecule has 132 valence electrons. The van der Waals surface area contributed by atoms with Gasteiger partial charge in [0.1, 0.15) is 12.4 Å². The number of hydrogen-bond donors (Lipinski definition) is 2. The predicted octanol–water partition coefficient (Wildman–Crippen LogP) is 3.92. The molecule has 1 atom stereocenters. The van der Waals surface area contributed by atoms with E-state index in [9.17, 15) is 13.6 Å². The lowest BCUT2D eigenvalue weighted by molar-refractivity contribution is 0.224. The van der Waals surface area contributed by atoms with E-state index in [4.69, 9.17) is 4.74 Å². The third kappa shape index (κ3) is 6.18. The standard InChI is InChI=1S/C18H24F2N2O2/c1-13(12-24-17-8-7-15(19)11-16(17)20)22-18(23)21-10-9-14-5-3-2-4-6-14/h5,7-8,11,13H,2-4,6,9-10,12H2,1H3,(H2,21,22,23)/t13-/m0/s1. The molecule has 1 aromatic carbocycles. The van der Waals surface area contributed by atoms with Crippen LogP contribution in [0.3, 0.4) is 0 Å². The number of halogens is 2. The summed E-state index contributed by atoms with van der Waals surface area (Å²) in [6, 6.07) is 2.55. The first-order valence-electron chi connectivity index (χ1n) is 8.34. The molecule has 1 aliphatic rings. The van der Waals surface area contributed by atoms with Crippen LogP contribution >= 0.6 is 0 Å². The Morgan fingerprint density at radius 3 is 2.88 bits per heavy atom. The van der Waals surface area contributed by atoms with E-state index >= 15 is 0 Å². The molecule has 6 heteroatoms. The lowest BCUT2D eigenvalue weighted by Gasteiger charge is -2.17. The number of ether oxygens (including phenoxy) is 1. The van der Waals surface area contributed by atoms with Crippen molar-refractivity contribution in [3.05, 3.63) is 41.5 Å². The van der Waals surface area contributed by atoms with Crippen molar-refractivity contribution in [2.24, 2.45) is 0 Å². The highest BCUT2D eigenvalue weighted by Crippen LogP contribution is 2.19. The molecular weight excluding hydrogens is 314 g/mol. The summed E-state index contributed by atoms with van der Waals surface area (Å²) in [5.41, 5.74) is 1.41. The topological polar surface area (TPSA) is 50.4 Å². The monoisotopic (exact) mass is 338 g/mol. The van der Waals surface area contributed by atoms with E-state index in [2.05, 4.69) is 16.7 Å². The van der Waals surface area contributed by atoms with Gasteiger partial charge in [0.2, 0.25) is 0 Å². The van der Waals surface area contributed by atoms with E-state index < -0.39 is 11.6 Å². The van der Waals surface area contributed by atoms with Crippen molar-refractivity contribution >= 4 is 6.03 Å². The number of nitrogens with one attached hydrogen (secondary N) is 2. The maximum Gasteiger partial charge on any atom is 0.315 e. The van der Waals surface area contributed by atoms with Crippen molar-refractivity contribution in [1.82, 2.24) is 10.6 Å². The highest BCUT2D eigenvalue weighted by atomic mass is 19.1. The van der Waals surface area contributed by atoms with Gasteiger partial charge in [-0.1, -0.05) is 11.6 Å². The number of carbonyl (C=O) groups is 1. The van der Waals surface area contributed by atoms with Gasteiger partial charge in [-0.2, -0.15) is 0 Å². The van der Waals surface area contributed by atoms with Crippen molar-refractivity contribution in [1.29, 1.82) is 0 Å². The molecular formula is C18H24F2N2O2. The lowest BCUT2D eigenvalue weighted by atomic mass is 9.97. The van der Waals surface area contributed by atoms with Crippen molar-refractivity contribution in [2.45, 2.75) is 45.1 Å². The van der Waals surface area contributed by atoms with Crippen molar-refractivity contribution in [3.63, 3.8) is 0 Å². The van der Waals surface area contributed by atoms with Crippen LogP contribution in [0.2, 0.25) is 0 Å². The van der Waals surface area contributed by atoms with Crippen molar-refractivity contribution in [3.8, 4) is 5.75 Å². The van der Waals surface area contributed by atoms with Crippen LogP contribution in [-0.2, 0) is 0 Å². The Bertz CT molecular complexity index is 590. The minimum atomic E-state index is -0.757. The summed E-state index contributed by atoms with van der Waals surface area (Å²) in [5, 5.41) is 5.54. The van der Waals surface area contributed by atoms with Gasteiger partial charge in [-0.15, -0.1) is 0 Å². The Morgan fingerprint density at radius 2 is 2.17 bits per heavy atom.